The van der Waals surface area contributed by atoms with Crippen LogP contribution in [0, 0.1) is 0 Å². The topological polar surface area (TPSA) is 74.7 Å². The van der Waals surface area contributed by atoms with Crippen molar-refractivity contribution in [1.29, 1.82) is 0 Å². The number of rotatable bonds is 3. The van der Waals surface area contributed by atoms with Crippen molar-refractivity contribution in [3.05, 3.63) is 23.8 Å². The number of benzene rings is 1. The molecule has 0 saturated carbocycles. The molecule has 1 aliphatic heterocycles. The first-order chi connectivity index (χ1) is 8.93. The molecule has 0 atom stereocenters. The lowest BCUT2D eigenvalue weighted by molar-refractivity contribution is 0.0693. The predicted molar refractivity (Wildman–Crippen MR) is 73.3 cm³/mol. The number of nitrogens with zero attached hydrogens (tertiary/aromatic N) is 1. The first kappa shape index (κ1) is 14.4. The van der Waals surface area contributed by atoms with Crippen LogP contribution in [0.1, 0.15) is 29.6 Å². The lowest BCUT2D eigenvalue weighted by Crippen LogP contribution is -2.35. The Hall–Kier alpha value is -1.05. The van der Waals surface area contributed by atoms with Crippen molar-refractivity contribution >= 4 is 28.6 Å². The van der Waals surface area contributed by atoms with E-state index in [1.165, 1.54) is 22.5 Å². The molecule has 1 saturated heterocycles. The Morgan fingerprint density at radius 3 is 2.42 bits per heavy atom. The SMILES string of the molecule is O=C(O)c1cc(S(=O)(=O)N2CCCCC2)ccc1S. The zero-order valence-electron chi connectivity index (χ0n) is 10.2. The molecule has 0 unspecified atom stereocenters. The van der Waals surface area contributed by atoms with Gasteiger partial charge in [-0.05, 0) is 31.0 Å². The van der Waals surface area contributed by atoms with Gasteiger partial charge in [-0.15, -0.1) is 12.6 Å². The summed E-state index contributed by atoms with van der Waals surface area (Å²) in [6.07, 6.45) is 2.72. The van der Waals surface area contributed by atoms with E-state index in [9.17, 15) is 13.2 Å². The van der Waals surface area contributed by atoms with Crippen molar-refractivity contribution in [1.82, 2.24) is 4.31 Å². The first-order valence-electron chi connectivity index (χ1n) is 5.99. The van der Waals surface area contributed by atoms with Gasteiger partial charge in [0.2, 0.25) is 10.0 Å². The van der Waals surface area contributed by atoms with Crippen LogP contribution in [0.3, 0.4) is 0 Å². The molecule has 104 valence electrons. The van der Waals surface area contributed by atoms with Crippen LogP contribution in [0.2, 0.25) is 0 Å². The van der Waals surface area contributed by atoms with Crippen molar-refractivity contribution < 1.29 is 18.3 Å². The van der Waals surface area contributed by atoms with E-state index in [4.69, 9.17) is 5.11 Å². The summed E-state index contributed by atoms with van der Waals surface area (Å²) in [7, 11) is -3.60. The fourth-order valence-corrected chi connectivity index (χ4v) is 3.88. The Morgan fingerprint density at radius 2 is 1.84 bits per heavy atom. The second-order valence-corrected chi connectivity index (χ2v) is 6.87. The van der Waals surface area contributed by atoms with Crippen LogP contribution in [-0.4, -0.2) is 36.9 Å². The van der Waals surface area contributed by atoms with E-state index in [0.29, 0.717) is 13.1 Å². The summed E-state index contributed by atoms with van der Waals surface area (Å²) in [5.41, 5.74) is -0.0959. The number of hydrogen-bond acceptors (Lipinski definition) is 4. The van der Waals surface area contributed by atoms with Crippen molar-refractivity contribution in [3.63, 3.8) is 0 Å². The maximum absolute atomic E-state index is 12.4. The minimum absolute atomic E-state index is 0.0181. The number of thiol groups is 1. The zero-order valence-corrected chi connectivity index (χ0v) is 12.0. The normalized spacial score (nSPS) is 17.3. The van der Waals surface area contributed by atoms with Crippen LogP contribution in [0.4, 0.5) is 0 Å². The Bertz CT molecular complexity index is 592. The number of carboxylic acid groups (broad SMARTS) is 1. The van der Waals surface area contributed by atoms with Crippen molar-refractivity contribution in [2.45, 2.75) is 29.1 Å². The minimum atomic E-state index is -3.60. The molecule has 1 fully saturated rings. The average molecular weight is 301 g/mol. The van der Waals surface area contributed by atoms with E-state index in [2.05, 4.69) is 12.6 Å². The first-order valence-corrected chi connectivity index (χ1v) is 7.88. The maximum Gasteiger partial charge on any atom is 0.336 e. The lowest BCUT2D eigenvalue weighted by atomic mass is 10.2. The molecule has 1 aromatic rings. The molecular weight excluding hydrogens is 286 g/mol. The lowest BCUT2D eigenvalue weighted by Gasteiger charge is -2.26. The molecule has 1 aliphatic rings. The smallest absolute Gasteiger partial charge is 0.336 e. The Kier molecular flexibility index (Phi) is 4.17. The molecule has 1 heterocycles. The van der Waals surface area contributed by atoms with E-state index in [0.717, 1.165) is 19.3 Å². The predicted octanol–water partition coefficient (Wildman–Crippen LogP) is 1.85. The average Bonchev–Trinajstić information content (AvgIpc) is 2.39. The number of hydrogen-bond donors (Lipinski definition) is 2. The van der Waals surface area contributed by atoms with Gasteiger partial charge >= 0.3 is 5.97 Å². The highest BCUT2D eigenvalue weighted by molar-refractivity contribution is 7.89. The van der Waals surface area contributed by atoms with E-state index in [1.807, 2.05) is 0 Å². The number of carbonyl (C=O) groups is 1. The Balaban J connectivity index is 2.40. The summed E-state index contributed by atoms with van der Waals surface area (Å²) in [5, 5.41) is 9.01. The molecule has 7 heteroatoms. The van der Waals surface area contributed by atoms with Gasteiger partial charge in [0.15, 0.2) is 0 Å². The third-order valence-corrected chi connectivity index (χ3v) is 5.44. The number of carboxylic acids is 1. The summed E-state index contributed by atoms with van der Waals surface area (Å²) < 4.78 is 26.2. The maximum atomic E-state index is 12.4. The third kappa shape index (κ3) is 2.93. The zero-order chi connectivity index (χ0) is 14.0. The summed E-state index contributed by atoms with van der Waals surface area (Å²) in [6, 6.07) is 3.98. The quantitative estimate of drug-likeness (QED) is 0.836. The van der Waals surface area contributed by atoms with Gasteiger partial charge < -0.3 is 5.11 Å². The van der Waals surface area contributed by atoms with E-state index in [1.54, 1.807) is 0 Å². The Morgan fingerprint density at radius 1 is 1.21 bits per heavy atom. The van der Waals surface area contributed by atoms with Crippen LogP contribution in [0.15, 0.2) is 28.0 Å². The van der Waals surface area contributed by atoms with Crippen LogP contribution < -0.4 is 0 Å². The summed E-state index contributed by atoms with van der Waals surface area (Å²) in [5.74, 6) is -1.18. The molecule has 0 amide bonds. The standard InChI is InChI=1S/C12H15NO4S2/c14-12(15)10-8-9(4-5-11(10)18)19(16,17)13-6-2-1-3-7-13/h4-5,8,18H,1-3,6-7H2,(H,14,15). The number of piperidine rings is 1. The van der Waals surface area contributed by atoms with Gasteiger partial charge in [0.25, 0.3) is 0 Å². The van der Waals surface area contributed by atoms with Crippen LogP contribution >= 0.6 is 12.6 Å². The number of sulfonamides is 1. The third-order valence-electron chi connectivity index (χ3n) is 3.15. The Labute approximate surface area is 117 Å². The second-order valence-electron chi connectivity index (χ2n) is 4.45. The fourth-order valence-electron chi connectivity index (χ4n) is 2.10. The summed E-state index contributed by atoms with van der Waals surface area (Å²) in [6.45, 7) is 0.987. The molecule has 1 N–H and O–H groups in total. The molecule has 0 aliphatic carbocycles. The fraction of sp³-hybridized carbons (Fsp3) is 0.417. The van der Waals surface area contributed by atoms with Crippen molar-refractivity contribution in [3.8, 4) is 0 Å². The molecular formula is C12H15NO4S2. The van der Waals surface area contributed by atoms with E-state index in [-0.39, 0.29) is 15.4 Å². The monoisotopic (exact) mass is 301 g/mol. The van der Waals surface area contributed by atoms with Crippen LogP contribution in [0.25, 0.3) is 0 Å². The molecule has 19 heavy (non-hydrogen) atoms. The van der Waals surface area contributed by atoms with Crippen LogP contribution in [-0.2, 0) is 10.0 Å². The molecule has 2 rings (SSSR count). The molecule has 5 nitrogen and oxygen atoms in total. The van der Waals surface area contributed by atoms with Crippen molar-refractivity contribution in [2.24, 2.45) is 0 Å². The molecule has 0 spiro atoms. The van der Waals surface area contributed by atoms with Gasteiger partial charge in [0.05, 0.1) is 10.5 Å². The highest BCUT2D eigenvalue weighted by atomic mass is 32.2. The van der Waals surface area contributed by atoms with E-state index >= 15 is 0 Å². The molecule has 0 aromatic heterocycles. The van der Waals surface area contributed by atoms with Gasteiger partial charge in [-0.3, -0.25) is 0 Å². The van der Waals surface area contributed by atoms with Crippen molar-refractivity contribution in [2.75, 3.05) is 13.1 Å². The molecule has 0 bridgehead atoms. The highest BCUT2D eigenvalue weighted by Crippen LogP contribution is 2.24. The van der Waals surface area contributed by atoms with Crippen LogP contribution in [0.5, 0.6) is 0 Å². The highest BCUT2D eigenvalue weighted by Gasteiger charge is 2.26. The molecule has 1 aromatic carbocycles. The van der Waals surface area contributed by atoms with Gasteiger partial charge in [-0.1, -0.05) is 6.42 Å². The van der Waals surface area contributed by atoms with Gasteiger partial charge in [0.1, 0.15) is 0 Å². The minimum Gasteiger partial charge on any atom is -0.478 e. The second kappa shape index (κ2) is 5.52. The van der Waals surface area contributed by atoms with Gasteiger partial charge in [0, 0.05) is 18.0 Å². The summed E-state index contributed by atoms with van der Waals surface area (Å²) in [4.78, 5) is 11.3. The van der Waals surface area contributed by atoms with E-state index < -0.39 is 16.0 Å². The largest absolute Gasteiger partial charge is 0.478 e. The number of aromatic carboxylic acids is 1. The van der Waals surface area contributed by atoms with Gasteiger partial charge in [-0.25, -0.2) is 13.2 Å². The summed E-state index contributed by atoms with van der Waals surface area (Å²) >= 11 is 4.02. The molecule has 0 radical (unpaired) electrons. The van der Waals surface area contributed by atoms with Gasteiger partial charge in [-0.2, -0.15) is 4.31 Å².